The number of para-hydroxylation sites is 1. The number of imide groups is 2. The lowest BCUT2D eigenvalue weighted by Crippen LogP contribution is -2.42. The van der Waals surface area contributed by atoms with Crippen molar-refractivity contribution in [1.29, 1.82) is 0 Å². The first-order valence-corrected chi connectivity index (χ1v) is 7.27. The predicted octanol–water partition coefficient (Wildman–Crippen LogP) is 0.158. The Hall–Kier alpha value is -3.16. The summed E-state index contributed by atoms with van der Waals surface area (Å²) in [6.45, 7) is 3.26. The zero-order valence-electron chi connectivity index (χ0n) is 12.9. The minimum atomic E-state index is -1.02. The van der Waals surface area contributed by atoms with Crippen LogP contribution in [0.2, 0.25) is 0 Å². The summed E-state index contributed by atoms with van der Waals surface area (Å²) in [5.41, 5.74) is 0. The minimum absolute atomic E-state index is 0.0769. The molecule has 0 aromatic heterocycles. The number of hydrogen-bond donors (Lipinski definition) is 1. The van der Waals surface area contributed by atoms with Gasteiger partial charge in [0.05, 0.1) is 6.54 Å². The Morgan fingerprint density at radius 1 is 1.12 bits per heavy atom. The summed E-state index contributed by atoms with van der Waals surface area (Å²) in [4.78, 5) is 48.4. The maximum atomic E-state index is 11.9. The van der Waals surface area contributed by atoms with Crippen molar-refractivity contribution in [2.45, 2.75) is 0 Å². The summed E-state index contributed by atoms with van der Waals surface area (Å²) in [5.74, 6) is -1.86. The molecule has 1 saturated heterocycles. The van der Waals surface area contributed by atoms with Crippen molar-refractivity contribution in [3.8, 4) is 5.75 Å². The number of carbonyl (C=O) groups excluding carboxylic acids is 4. The molecule has 1 aliphatic heterocycles. The molecule has 1 N–H and O–H groups in total. The van der Waals surface area contributed by atoms with Crippen LogP contribution in [-0.2, 0) is 14.4 Å². The van der Waals surface area contributed by atoms with Crippen LogP contribution in [-0.4, -0.2) is 59.8 Å². The van der Waals surface area contributed by atoms with Gasteiger partial charge < -0.3 is 10.1 Å². The summed E-state index contributed by atoms with van der Waals surface area (Å²) in [5, 5.41) is 2.52. The van der Waals surface area contributed by atoms with E-state index in [4.69, 9.17) is 4.74 Å². The smallest absolute Gasteiger partial charge is 0.335 e. The molecule has 24 heavy (non-hydrogen) atoms. The molecular weight excluding hydrogens is 314 g/mol. The second-order valence-electron chi connectivity index (χ2n) is 4.89. The summed E-state index contributed by atoms with van der Waals surface area (Å²) < 4.78 is 5.40. The van der Waals surface area contributed by atoms with Gasteiger partial charge in [0, 0.05) is 6.54 Å². The normalized spacial score (nSPS) is 14.1. The lowest BCUT2D eigenvalue weighted by molar-refractivity contribution is -0.143. The molecule has 8 heteroatoms. The highest BCUT2D eigenvalue weighted by Crippen LogP contribution is 2.11. The molecule has 1 heterocycles. The highest BCUT2D eigenvalue weighted by molar-refractivity contribution is 6.45. The minimum Gasteiger partial charge on any atom is -0.492 e. The molecule has 126 valence electrons. The van der Waals surface area contributed by atoms with Gasteiger partial charge in [-0.2, -0.15) is 0 Å². The number of amides is 5. The average molecular weight is 331 g/mol. The van der Waals surface area contributed by atoms with Crippen molar-refractivity contribution in [2.75, 3.05) is 26.2 Å². The van der Waals surface area contributed by atoms with Crippen molar-refractivity contribution >= 4 is 23.8 Å². The first-order valence-electron chi connectivity index (χ1n) is 7.27. The molecule has 0 saturated carbocycles. The second-order valence-corrected chi connectivity index (χ2v) is 4.89. The molecule has 0 bridgehead atoms. The number of nitrogens with zero attached hydrogens (tertiary/aromatic N) is 2. The Balaban J connectivity index is 1.77. The van der Waals surface area contributed by atoms with Gasteiger partial charge in [-0.25, -0.2) is 9.69 Å². The van der Waals surface area contributed by atoms with E-state index in [0.29, 0.717) is 10.6 Å². The largest absolute Gasteiger partial charge is 0.492 e. The van der Waals surface area contributed by atoms with Gasteiger partial charge in [0.2, 0.25) is 5.91 Å². The number of nitrogens with one attached hydrogen (secondary N) is 1. The summed E-state index contributed by atoms with van der Waals surface area (Å²) in [7, 11) is 0. The van der Waals surface area contributed by atoms with Crippen molar-refractivity contribution < 1.29 is 23.9 Å². The van der Waals surface area contributed by atoms with Gasteiger partial charge in [-0.15, -0.1) is 6.58 Å². The number of ether oxygens (including phenoxy) is 1. The Morgan fingerprint density at radius 2 is 1.79 bits per heavy atom. The Kier molecular flexibility index (Phi) is 5.67. The molecule has 0 radical (unpaired) electrons. The van der Waals surface area contributed by atoms with Gasteiger partial charge >= 0.3 is 17.8 Å². The van der Waals surface area contributed by atoms with E-state index >= 15 is 0 Å². The molecule has 2 rings (SSSR count). The fraction of sp³-hybridized carbons (Fsp3) is 0.250. The molecule has 1 fully saturated rings. The molecule has 0 spiro atoms. The van der Waals surface area contributed by atoms with E-state index in [1.54, 1.807) is 12.1 Å². The predicted molar refractivity (Wildman–Crippen MR) is 84.0 cm³/mol. The number of carbonyl (C=O) groups is 4. The van der Waals surface area contributed by atoms with Crippen LogP contribution in [0.3, 0.4) is 0 Å². The van der Waals surface area contributed by atoms with E-state index in [1.165, 1.54) is 6.08 Å². The fourth-order valence-corrected chi connectivity index (χ4v) is 2.06. The first-order chi connectivity index (χ1) is 11.5. The summed E-state index contributed by atoms with van der Waals surface area (Å²) >= 11 is 0. The lowest BCUT2D eigenvalue weighted by Gasteiger charge is -2.14. The highest BCUT2D eigenvalue weighted by atomic mass is 16.5. The van der Waals surface area contributed by atoms with Gasteiger partial charge in [0.25, 0.3) is 0 Å². The molecule has 8 nitrogen and oxygen atoms in total. The van der Waals surface area contributed by atoms with Gasteiger partial charge in [-0.05, 0) is 12.1 Å². The van der Waals surface area contributed by atoms with Crippen LogP contribution in [0.25, 0.3) is 0 Å². The summed E-state index contributed by atoms with van der Waals surface area (Å²) in [6.07, 6.45) is 1.33. The molecule has 1 aromatic carbocycles. The maximum absolute atomic E-state index is 11.9. The van der Waals surface area contributed by atoms with Crippen LogP contribution >= 0.6 is 0 Å². The molecule has 1 aliphatic rings. The Morgan fingerprint density at radius 3 is 2.46 bits per heavy atom. The van der Waals surface area contributed by atoms with Crippen LogP contribution in [0.4, 0.5) is 4.79 Å². The first kappa shape index (κ1) is 17.2. The third kappa shape index (κ3) is 3.97. The quantitative estimate of drug-likeness (QED) is 0.317. The summed E-state index contributed by atoms with van der Waals surface area (Å²) in [6, 6.07) is 8.25. The van der Waals surface area contributed by atoms with E-state index in [9.17, 15) is 19.2 Å². The second kappa shape index (κ2) is 7.91. The third-order valence-corrected chi connectivity index (χ3v) is 3.18. The van der Waals surface area contributed by atoms with Crippen LogP contribution in [0.1, 0.15) is 0 Å². The molecular formula is C16H17N3O5. The van der Waals surface area contributed by atoms with E-state index in [1.807, 2.05) is 18.2 Å². The Labute approximate surface area is 138 Å². The number of benzene rings is 1. The molecule has 0 aliphatic carbocycles. The maximum Gasteiger partial charge on any atom is 0.335 e. The highest BCUT2D eigenvalue weighted by Gasteiger charge is 2.44. The van der Waals surface area contributed by atoms with Crippen LogP contribution < -0.4 is 10.1 Å². The van der Waals surface area contributed by atoms with Crippen molar-refractivity contribution in [2.24, 2.45) is 0 Å². The zero-order valence-corrected chi connectivity index (χ0v) is 12.9. The number of rotatable bonds is 8. The van der Waals surface area contributed by atoms with Gasteiger partial charge in [-0.3, -0.25) is 19.3 Å². The average Bonchev–Trinajstić information content (AvgIpc) is 2.78. The van der Waals surface area contributed by atoms with Crippen molar-refractivity contribution in [3.05, 3.63) is 43.0 Å². The third-order valence-electron chi connectivity index (χ3n) is 3.18. The van der Waals surface area contributed by atoms with Crippen molar-refractivity contribution in [3.63, 3.8) is 0 Å². The number of urea groups is 1. The standard InChI is InChI=1S/C16H17N3O5/c1-2-9-18-14(21)15(22)19(16(18)23)11-13(20)17-8-10-24-12-6-4-3-5-7-12/h2-7H,1,8-11H2,(H,17,20). The van der Waals surface area contributed by atoms with E-state index in [0.717, 1.165) is 4.90 Å². The molecule has 5 amide bonds. The van der Waals surface area contributed by atoms with Gasteiger partial charge in [0.15, 0.2) is 0 Å². The van der Waals surface area contributed by atoms with Gasteiger partial charge in [-0.1, -0.05) is 24.3 Å². The van der Waals surface area contributed by atoms with Crippen LogP contribution in [0, 0.1) is 0 Å². The van der Waals surface area contributed by atoms with Crippen molar-refractivity contribution in [1.82, 2.24) is 15.1 Å². The lowest BCUT2D eigenvalue weighted by atomic mass is 10.3. The zero-order chi connectivity index (χ0) is 17.5. The SMILES string of the molecule is C=CCN1C(=O)C(=O)N(CC(=O)NCCOc2ccccc2)C1=O. The van der Waals surface area contributed by atoms with E-state index in [2.05, 4.69) is 11.9 Å². The fourth-order valence-electron chi connectivity index (χ4n) is 2.06. The molecule has 0 unspecified atom stereocenters. The van der Waals surface area contributed by atoms with E-state index in [-0.39, 0.29) is 19.7 Å². The van der Waals surface area contributed by atoms with Gasteiger partial charge in [0.1, 0.15) is 18.9 Å². The number of hydrogen-bond acceptors (Lipinski definition) is 5. The molecule has 1 aromatic rings. The van der Waals surface area contributed by atoms with Crippen LogP contribution in [0.15, 0.2) is 43.0 Å². The van der Waals surface area contributed by atoms with Crippen LogP contribution in [0.5, 0.6) is 5.75 Å². The Bertz CT molecular complexity index is 659. The monoisotopic (exact) mass is 331 g/mol. The molecule has 0 atom stereocenters. The van der Waals surface area contributed by atoms with E-state index < -0.39 is 30.3 Å². The topological polar surface area (TPSA) is 96.0 Å².